The van der Waals surface area contributed by atoms with Crippen molar-refractivity contribution in [3.8, 4) is 0 Å². The van der Waals surface area contributed by atoms with Gasteiger partial charge in [0.2, 0.25) is 0 Å². The minimum Gasteiger partial charge on any atom is -0.338 e. The number of hydrogen-bond donors (Lipinski definition) is 0. The molecular weight excluding hydrogens is 370 g/mol. The fraction of sp³-hybridized carbons (Fsp3) is 0.533. The molecule has 104 valence electrons. The molecule has 0 bridgehead atoms. The Morgan fingerprint density at radius 3 is 2.68 bits per heavy atom. The van der Waals surface area contributed by atoms with E-state index in [9.17, 15) is 4.79 Å². The summed E-state index contributed by atoms with van der Waals surface area (Å²) in [5.74, 6) is 0.121. The Labute approximate surface area is 131 Å². The highest BCUT2D eigenvalue weighted by atomic mass is 79.9. The zero-order valence-electron chi connectivity index (χ0n) is 11.3. The second-order valence-corrected chi connectivity index (χ2v) is 7.23. The summed E-state index contributed by atoms with van der Waals surface area (Å²) in [6.45, 7) is 1.98. The Morgan fingerprint density at radius 2 is 2.00 bits per heavy atom. The molecule has 2 atom stereocenters. The first kappa shape index (κ1) is 15.0. The molecular formula is C15H19Br2NO. The quantitative estimate of drug-likeness (QED) is 0.681. The van der Waals surface area contributed by atoms with Crippen molar-refractivity contribution in [3.05, 3.63) is 33.8 Å². The van der Waals surface area contributed by atoms with Crippen molar-refractivity contribution in [3.63, 3.8) is 0 Å². The molecule has 2 nitrogen and oxygen atoms in total. The van der Waals surface area contributed by atoms with Crippen LogP contribution in [0.2, 0.25) is 0 Å². The number of nitrogens with zero attached hydrogens (tertiary/aromatic N) is 1. The Morgan fingerprint density at radius 1 is 1.32 bits per heavy atom. The third kappa shape index (κ3) is 3.22. The molecule has 0 spiro atoms. The number of carbonyl (C=O) groups is 1. The summed E-state index contributed by atoms with van der Waals surface area (Å²) < 4.78 is 0.991. The Balaban J connectivity index is 2.21. The number of amides is 1. The highest BCUT2D eigenvalue weighted by Crippen LogP contribution is 2.29. The molecule has 0 aliphatic heterocycles. The molecule has 2 unspecified atom stereocenters. The Hall–Kier alpha value is -0.350. The lowest BCUT2D eigenvalue weighted by Crippen LogP contribution is -2.44. The van der Waals surface area contributed by atoms with Crippen molar-refractivity contribution in [2.75, 3.05) is 7.05 Å². The highest BCUT2D eigenvalue weighted by molar-refractivity contribution is 9.10. The van der Waals surface area contributed by atoms with Crippen LogP contribution in [0, 0.1) is 6.92 Å². The molecule has 1 saturated carbocycles. The molecule has 2 rings (SSSR count). The summed E-state index contributed by atoms with van der Waals surface area (Å²) in [5.41, 5.74) is 1.81. The Bertz CT molecular complexity index is 475. The topological polar surface area (TPSA) is 20.3 Å². The van der Waals surface area contributed by atoms with Gasteiger partial charge < -0.3 is 4.90 Å². The fourth-order valence-corrected chi connectivity index (χ4v) is 3.99. The van der Waals surface area contributed by atoms with Crippen molar-refractivity contribution < 1.29 is 4.79 Å². The van der Waals surface area contributed by atoms with Gasteiger partial charge in [-0.25, -0.2) is 0 Å². The van der Waals surface area contributed by atoms with Crippen LogP contribution in [0.5, 0.6) is 0 Å². The van der Waals surface area contributed by atoms with Crippen molar-refractivity contribution >= 4 is 37.8 Å². The lowest BCUT2D eigenvalue weighted by atomic mass is 9.93. The van der Waals surface area contributed by atoms with Gasteiger partial charge in [0, 0.05) is 28.0 Å². The molecule has 1 aliphatic rings. The number of hydrogen-bond acceptors (Lipinski definition) is 1. The van der Waals surface area contributed by atoms with Gasteiger partial charge in [-0.05, 0) is 37.5 Å². The monoisotopic (exact) mass is 387 g/mol. The highest BCUT2D eigenvalue weighted by Gasteiger charge is 2.30. The number of alkyl halides is 1. The van der Waals surface area contributed by atoms with Crippen LogP contribution in [0.25, 0.3) is 0 Å². The zero-order valence-corrected chi connectivity index (χ0v) is 14.5. The molecule has 0 N–H and O–H groups in total. The van der Waals surface area contributed by atoms with Gasteiger partial charge in [0.15, 0.2) is 0 Å². The third-order valence-electron chi connectivity index (χ3n) is 3.96. The molecule has 1 fully saturated rings. The number of halogens is 2. The number of benzene rings is 1. The van der Waals surface area contributed by atoms with Crippen LogP contribution < -0.4 is 0 Å². The van der Waals surface area contributed by atoms with E-state index in [1.165, 1.54) is 12.8 Å². The minimum absolute atomic E-state index is 0.121. The summed E-state index contributed by atoms with van der Waals surface area (Å²) >= 11 is 7.22. The van der Waals surface area contributed by atoms with E-state index < -0.39 is 0 Å². The lowest BCUT2D eigenvalue weighted by Gasteiger charge is -2.35. The minimum atomic E-state index is 0.121. The van der Waals surface area contributed by atoms with Crippen LogP contribution in [0.1, 0.15) is 41.6 Å². The first-order valence-corrected chi connectivity index (χ1v) is 8.39. The van der Waals surface area contributed by atoms with Crippen molar-refractivity contribution in [1.82, 2.24) is 4.90 Å². The SMILES string of the molecule is Cc1c(Br)cccc1C(=O)N(C)C1CCCCC1Br. The average molecular weight is 389 g/mol. The van der Waals surface area contributed by atoms with Crippen LogP contribution in [0.15, 0.2) is 22.7 Å². The van der Waals surface area contributed by atoms with Gasteiger partial charge in [-0.1, -0.05) is 50.8 Å². The number of rotatable bonds is 2. The van der Waals surface area contributed by atoms with Crippen LogP contribution in [-0.2, 0) is 0 Å². The van der Waals surface area contributed by atoms with Gasteiger partial charge in [0.05, 0.1) is 0 Å². The lowest BCUT2D eigenvalue weighted by molar-refractivity contribution is 0.0704. The molecule has 1 aromatic rings. The maximum atomic E-state index is 12.6. The molecule has 4 heteroatoms. The molecule has 0 radical (unpaired) electrons. The van der Waals surface area contributed by atoms with Crippen molar-refractivity contribution in [2.24, 2.45) is 0 Å². The molecule has 19 heavy (non-hydrogen) atoms. The normalized spacial score (nSPS) is 23.2. The van der Waals surface area contributed by atoms with E-state index in [1.54, 1.807) is 0 Å². The van der Waals surface area contributed by atoms with Crippen LogP contribution >= 0.6 is 31.9 Å². The molecule has 1 amide bonds. The maximum absolute atomic E-state index is 12.6. The van der Waals surface area contributed by atoms with Gasteiger partial charge in [0.1, 0.15) is 0 Å². The zero-order chi connectivity index (χ0) is 14.0. The summed E-state index contributed by atoms with van der Waals surface area (Å²) in [4.78, 5) is 15.0. The van der Waals surface area contributed by atoms with E-state index in [4.69, 9.17) is 0 Å². The van der Waals surface area contributed by atoms with Crippen molar-refractivity contribution in [2.45, 2.75) is 43.5 Å². The first-order valence-electron chi connectivity index (χ1n) is 6.68. The van der Waals surface area contributed by atoms with E-state index >= 15 is 0 Å². The van der Waals surface area contributed by atoms with E-state index in [0.29, 0.717) is 10.9 Å². The largest absolute Gasteiger partial charge is 0.338 e. The molecule has 0 aromatic heterocycles. The van der Waals surface area contributed by atoms with E-state index in [1.807, 2.05) is 37.1 Å². The fourth-order valence-electron chi connectivity index (χ4n) is 2.68. The molecule has 0 heterocycles. The van der Waals surface area contributed by atoms with Gasteiger partial charge in [-0.3, -0.25) is 4.79 Å². The Kier molecular flexibility index (Phi) is 5.07. The average Bonchev–Trinajstić information content (AvgIpc) is 2.41. The molecule has 1 aromatic carbocycles. The summed E-state index contributed by atoms with van der Waals surface area (Å²) in [6.07, 6.45) is 4.71. The second-order valence-electron chi connectivity index (χ2n) is 5.20. The smallest absolute Gasteiger partial charge is 0.254 e. The van der Waals surface area contributed by atoms with E-state index in [2.05, 4.69) is 31.9 Å². The molecule has 1 aliphatic carbocycles. The predicted molar refractivity (Wildman–Crippen MR) is 85.9 cm³/mol. The second kappa shape index (κ2) is 6.40. The van der Waals surface area contributed by atoms with E-state index in [0.717, 1.165) is 28.4 Å². The predicted octanol–water partition coefficient (Wildman–Crippen LogP) is 4.54. The summed E-state index contributed by atoms with van der Waals surface area (Å²) in [6, 6.07) is 6.11. The standard InChI is InChI=1S/C15H19Br2NO/c1-10-11(6-5-8-12(10)16)15(19)18(2)14-9-4-3-7-13(14)17/h5-6,8,13-14H,3-4,7,9H2,1-2H3. The summed E-state index contributed by atoms with van der Waals surface area (Å²) in [7, 11) is 1.92. The van der Waals surface area contributed by atoms with Crippen LogP contribution in [0.4, 0.5) is 0 Å². The third-order valence-corrected chi connectivity index (χ3v) is 5.89. The van der Waals surface area contributed by atoms with Crippen molar-refractivity contribution in [1.29, 1.82) is 0 Å². The maximum Gasteiger partial charge on any atom is 0.254 e. The van der Waals surface area contributed by atoms with Crippen LogP contribution in [-0.4, -0.2) is 28.7 Å². The van der Waals surface area contributed by atoms with Gasteiger partial charge >= 0.3 is 0 Å². The van der Waals surface area contributed by atoms with Crippen LogP contribution in [0.3, 0.4) is 0 Å². The number of carbonyl (C=O) groups excluding carboxylic acids is 1. The molecule has 0 saturated heterocycles. The van der Waals surface area contributed by atoms with E-state index in [-0.39, 0.29) is 5.91 Å². The first-order chi connectivity index (χ1) is 9.02. The summed E-state index contributed by atoms with van der Waals surface area (Å²) in [5, 5.41) is 0. The van der Waals surface area contributed by atoms with Gasteiger partial charge in [-0.15, -0.1) is 0 Å². The van der Waals surface area contributed by atoms with Gasteiger partial charge in [0.25, 0.3) is 5.91 Å². The van der Waals surface area contributed by atoms with Gasteiger partial charge in [-0.2, -0.15) is 0 Å².